The number of amides is 1. The summed E-state index contributed by atoms with van der Waals surface area (Å²) in [5, 5.41) is 0. The van der Waals surface area contributed by atoms with Crippen LogP contribution in [0.3, 0.4) is 0 Å². The fourth-order valence-electron chi connectivity index (χ4n) is 1.88. The quantitative estimate of drug-likeness (QED) is 0.752. The molecule has 3 nitrogen and oxygen atoms in total. The molecule has 0 spiro atoms. The van der Waals surface area contributed by atoms with Crippen LogP contribution in [0.4, 0.5) is 0 Å². The van der Waals surface area contributed by atoms with Crippen molar-refractivity contribution in [1.29, 1.82) is 0 Å². The van der Waals surface area contributed by atoms with Gasteiger partial charge in [0.05, 0.1) is 0 Å². The Kier molecular flexibility index (Phi) is 4.14. The zero-order valence-electron chi connectivity index (χ0n) is 10.3. The highest BCUT2D eigenvalue weighted by molar-refractivity contribution is 5.78. The van der Waals surface area contributed by atoms with Crippen molar-refractivity contribution in [3.05, 3.63) is 0 Å². The van der Waals surface area contributed by atoms with E-state index in [9.17, 15) is 4.79 Å². The Morgan fingerprint density at radius 2 is 2.20 bits per heavy atom. The van der Waals surface area contributed by atoms with Crippen LogP contribution in [0.15, 0.2) is 0 Å². The number of carbonyl (C=O) groups is 1. The second-order valence-electron chi connectivity index (χ2n) is 5.44. The Morgan fingerprint density at radius 1 is 1.53 bits per heavy atom. The van der Waals surface area contributed by atoms with Gasteiger partial charge in [0.2, 0.25) is 5.91 Å². The summed E-state index contributed by atoms with van der Waals surface area (Å²) < 4.78 is 0. The predicted molar refractivity (Wildman–Crippen MR) is 62.4 cm³/mol. The molecule has 0 aliphatic carbocycles. The average molecular weight is 212 g/mol. The lowest BCUT2D eigenvalue weighted by atomic mass is 9.89. The summed E-state index contributed by atoms with van der Waals surface area (Å²) in [7, 11) is 0. The Balaban J connectivity index is 2.37. The molecule has 0 aromatic rings. The van der Waals surface area contributed by atoms with Gasteiger partial charge >= 0.3 is 0 Å². The number of likely N-dealkylation sites (tertiary alicyclic amines) is 1. The molecule has 0 saturated carbocycles. The van der Waals surface area contributed by atoms with Crippen molar-refractivity contribution < 1.29 is 4.79 Å². The highest BCUT2D eigenvalue weighted by Gasteiger charge is 2.29. The van der Waals surface area contributed by atoms with Gasteiger partial charge in [0.15, 0.2) is 0 Å². The van der Waals surface area contributed by atoms with Gasteiger partial charge in [-0.25, -0.2) is 0 Å². The Bertz CT molecular complexity index is 226. The number of hydrogen-bond acceptors (Lipinski definition) is 2. The molecule has 1 rings (SSSR count). The number of nitrogens with two attached hydrogens (primary N) is 1. The lowest BCUT2D eigenvalue weighted by Gasteiger charge is -2.26. The molecule has 1 saturated heterocycles. The van der Waals surface area contributed by atoms with Crippen molar-refractivity contribution >= 4 is 5.91 Å². The molecule has 0 aromatic heterocycles. The third kappa shape index (κ3) is 3.49. The van der Waals surface area contributed by atoms with Crippen LogP contribution in [0.5, 0.6) is 0 Å². The van der Waals surface area contributed by atoms with Crippen LogP contribution in [0, 0.1) is 11.3 Å². The zero-order valence-corrected chi connectivity index (χ0v) is 10.3. The van der Waals surface area contributed by atoms with Gasteiger partial charge in [0.25, 0.3) is 0 Å². The van der Waals surface area contributed by atoms with Gasteiger partial charge in [-0.3, -0.25) is 4.79 Å². The van der Waals surface area contributed by atoms with Gasteiger partial charge in [-0.05, 0) is 24.3 Å². The van der Waals surface area contributed by atoms with Crippen LogP contribution in [0.2, 0.25) is 0 Å². The van der Waals surface area contributed by atoms with Crippen LogP contribution in [-0.2, 0) is 4.79 Å². The molecule has 15 heavy (non-hydrogen) atoms. The van der Waals surface area contributed by atoms with E-state index in [0.717, 1.165) is 32.4 Å². The van der Waals surface area contributed by atoms with Crippen molar-refractivity contribution in [3.8, 4) is 0 Å². The first-order chi connectivity index (χ1) is 6.98. The molecule has 0 radical (unpaired) electrons. The molecule has 3 heteroatoms. The number of hydrogen-bond donors (Lipinski definition) is 1. The molecule has 1 amide bonds. The first-order valence-electron chi connectivity index (χ1n) is 5.96. The van der Waals surface area contributed by atoms with Gasteiger partial charge in [-0.15, -0.1) is 0 Å². The molecule has 88 valence electrons. The standard InChI is InChI=1S/C12H24N2O/c1-4-10-7-11(15)14(8-10)6-5-12(2,3)9-13/h10H,4-9,13H2,1-3H3. The fraction of sp³-hybridized carbons (Fsp3) is 0.917. The van der Waals surface area contributed by atoms with Crippen LogP contribution >= 0.6 is 0 Å². The largest absolute Gasteiger partial charge is 0.342 e. The molecule has 0 aromatic carbocycles. The van der Waals surface area contributed by atoms with Crippen molar-refractivity contribution in [2.45, 2.75) is 40.0 Å². The van der Waals surface area contributed by atoms with Crippen molar-refractivity contribution in [2.24, 2.45) is 17.1 Å². The normalized spacial score (nSPS) is 22.5. The first kappa shape index (κ1) is 12.5. The van der Waals surface area contributed by atoms with Gasteiger partial charge in [0.1, 0.15) is 0 Å². The highest BCUT2D eigenvalue weighted by Crippen LogP contribution is 2.24. The fourth-order valence-corrected chi connectivity index (χ4v) is 1.88. The van der Waals surface area contributed by atoms with Crippen molar-refractivity contribution in [3.63, 3.8) is 0 Å². The third-order valence-corrected chi connectivity index (χ3v) is 3.48. The molecule has 1 atom stereocenters. The molecule has 1 aliphatic rings. The highest BCUT2D eigenvalue weighted by atomic mass is 16.2. The number of nitrogens with zero attached hydrogens (tertiary/aromatic N) is 1. The van der Waals surface area contributed by atoms with Gasteiger partial charge < -0.3 is 10.6 Å². The molecular weight excluding hydrogens is 188 g/mol. The molecule has 1 fully saturated rings. The van der Waals surface area contributed by atoms with Crippen LogP contribution in [0.1, 0.15) is 40.0 Å². The molecule has 1 unspecified atom stereocenters. The average Bonchev–Trinajstić information content (AvgIpc) is 2.57. The van der Waals surface area contributed by atoms with E-state index in [4.69, 9.17) is 5.73 Å². The van der Waals surface area contributed by atoms with E-state index >= 15 is 0 Å². The maximum absolute atomic E-state index is 11.6. The summed E-state index contributed by atoms with van der Waals surface area (Å²) in [6.45, 7) is 8.99. The van der Waals surface area contributed by atoms with E-state index in [-0.39, 0.29) is 5.41 Å². The second-order valence-corrected chi connectivity index (χ2v) is 5.44. The van der Waals surface area contributed by atoms with E-state index in [1.54, 1.807) is 0 Å². The molecule has 0 bridgehead atoms. The van der Waals surface area contributed by atoms with Gasteiger partial charge in [-0.1, -0.05) is 27.2 Å². The molecule has 1 heterocycles. The maximum atomic E-state index is 11.6. The minimum atomic E-state index is 0.157. The monoisotopic (exact) mass is 212 g/mol. The summed E-state index contributed by atoms with van der Waals surface area (Å²) in [5.41, 5.74) is 5.83. The zero-order chi connectivity index (χ0) is 11.5. The van der Waals surface area contributed by atoms with E-state index < -0.39 is 0 Å². The third-order valence-electron chi connectivity index (χ3n) is 3.48. The first-order valence-corrected chi connectivity index (χ1v) is 5.96. The minimum absolute atomic E-state index is 0.157. The van der Waals surface area contributed by atoms with Crippen LogP contribution in [0.25, 0.3) is 0 Å². The van der Waals surface area contributed by atoms with Crippen molar-refractivity contribution in [1.82, 2.24) is 4.90 Å². The van der Waals surface area contributed by atoms with Gasteiger partial charge in [-0.2, -0.15) is 0 Å². The Hall–Kier alpha value is -0.570. The summed E-state index contributed by atoms with van der Waals surface area (Å²) >= 11 is 0. The summed E-state index contributed by atoms with van der Waals surface area (Å²) in [6, 6.07) is 0. The summed E-state index contributed by atoms with van der Waals surface area (Å²) in [5.74, 6) is 0.910. The topological polar surface area (TPSA) is 46.3 Å². The van der Waals surface area contributed by atoms with E-state index in [1.165, 1.54) is 0 Å². The predicted octanol–water partition coefficient (Wildman–Crippen LogP) is 1.62. The second kappa shape index (κ2) is 4.97. The van der Waals surface area contributed by atoms with Crippen molar-refractivity contribution in [2.75, 3.05) is 19.6 Å². The number of rotatable bonds is 5. The van der Waals surface area contributed by atoms with E-state index in [2.05, 4.69) is 20.8 Å². The molecular formula is C12H24N2O. The SMILES string of the molecule is CCC1CC(=O)N(CCC(C)(C)CN)C1. The minimum Gasteiger partial charge on any atom is -0.342 e. The lowest BCUT2D eigenvalue weighted by molar-refractivity contribution is -0.128. The smallest absolute Gasteiger partial charge is 0.222 e. The Labute approximate surface area is 93.0 Å². The van der Waals surface area contributed by atoms with Gasteiger partial charge in [0, 0.05) is 19.5 Å². The van der Waals surface area contributed by atoms with Crippen LogP contribution in [-0.4, -0.2) is 30.4 Å². The summed E-state index contributed by atoms with van der Waals surface area (Å²) in [4.78, 5) is 13.6. The molecule has 2 N–H and O–H groups in total. The van der Waals surface area contributed by atoms with E-state index in [0.29, 0.717) is 18.4 Å². The van der Waals surface area contributed by atoms with Crippen LogP contribution < -0.4 is 5.73 Å². The number of carbonyl (C=O) groups excluding carboxylic acids is 1. The maximum Gasteiger partial charge on any atom is 0.222 e. The van der Waals surface area contributed by atoms with E-state index in [1.807, 2.05) is 4.90 Å². The lowest BCUT2D eigenvalue weighted by Crippen LogP contribution is -2.32. The Morgan fingerprint density at radius 3 is 2.67 bits per heavy atom. The molecule has 1 aliphatic heterocycles. The summed E-state index contributed by atoms with van der Waals surface area (Å²) in [6.07, 6.45) is 2.87.